The van der Waals surface area contributed by atoms with Crippen LogP contribution in [-0.2, 0) is 11.0 Å². The largest absolute Gasteiger partial charge is 0.473 e. The average molecular weight is 467 g/mol. The van der Waals surface area contributed by atoms with Crippen LogP contribution in [0.3, 0.4) is 0 Å². The summed E-state index contributed by atoms with van der Waals surface area (Å²) < 4.78 is 18.4. The number of nitrogens with zero attached hydrogens (tertiary/aromatic N) is 2. The van der Waals surface area contributed by atoms with Crippen molar-refractivity contribution in [2.24, 2.45) is 0 Å². The SMILES string of the molecule is CC(C)(CCCO[Si](C)(C)C(C)(C)C)Oc1ccc2ccc(OCc3ccccc3)nc2n1. The van der Waals surface area contributed by atoms with Gasteiger partial charge >= 0.3 is 0 Å². The number of rotatable bonds is 10. The highest BCUT2D eigenvalue weighted by molar-refractivity contribution is 6.74. The van der Waals surface area contributed by atoms with Gasteiger partial charge in [-0.15, -0.1) is 0 Å². The molecular formula is C27H38N2O3Si. The summed E-state index contributed by atoms with van der Waals surface area (Å²) in [6.07, 6.45) is 1.83. The summed E-state index contributed by atoms with van der Waals surface area (Å²) in [5.41, 5.74) is 1.37. The van der Waals surface area contributed by atoms with Crippen LogP contribution >= 0.6 is 0 Å². The third kappa shape index (κ3) is 7.27. The van der Waals surface area contributed by atoms with Crippen molar-refractivity contribution in [1.29, 1.82) is 0 Å². The summed E-state index contributed by atoms with van der Waals surface area (Å²) in [4.78, 5) is 9.22. The average Bonchev–Trinajstić information content (AvgIpc) is 2.75. The van der Waals surface area contributed by atoms with Crippen molar-refractivity contribution in [3.8, 4) is 11.8 Å². The molecule has 0 spiro atoms. The lowest BCUT2D eigenvalue weighted by molar-refractivity contribution is 0.0852. The molecule has 0 N–H and O–H groups in total. The maximum atomic E-state index is 6.31. The summed E-state index contributed by atoms with van der Waals surface area (Å²) in [5, 5.41) is 1.18. The first-order valence-electron chi connectivity index (χ1n) is 11.7. The molecule has 0 amide bonds. The van der Waals surface area contributed by atoms with Gasteiger partial charge in [-0.05, 0) is 62.5 Å². The summed E-state index contributed by atoms with van der Waals surface area (Å²) in [6, 6.07) is 17.8. The normalized spacial score (nSPS) is 12.7. The summed E-state index contributed by atoms with van der Waals surface area (Å²) in [7, 11) is -1.71. The zero-order valence-electron chi connectivity index (χ0n) is 21.1. The Morgan fingerprint density at radius 3 is 2.12 bits per heavy atom. The molecule has 33 heavy (non-hydrogen) atoms. The van der Waals surface area contributed by atoms with E-state index in [1.807, 2.05) is 54.6 Å². The van der Waals surface area contributed by atoms with Crippen molar-refractivity contribution < 1.29 is 13.9 Å². The molecule has 0 aliphatic rings. The molecule has 0 aliphatic heterocycles. The van der Waals surface area contributed by atoms with E-state index in [-0.39, 0.29) is 10.6 Å². The number of aromatic nitrogens is 2. The fourth-order valence-corrected chi connectivity index (χ4v) is 4.30. The molecule has 1 aromatic carbocycles. The van der Waals surface area contributed by atoms with Crippen LogP contribution in [0.2, 0.25) is 18.1 Å². The zero-order chi connectivity index (χ0) is 24.1. The molecule has 0 saturated carbocycles. The number of hydrogen-bond acceptors (Lipinski definition) is 5. The second-order valence-corrected chi connectivity index (χ2v) is 15.5. The third-order valence-electron chi connectivity index (χ3n) is 6.30. The van der Waals surface area contributed by atoms with Crippen molar-refractivity contribution in [3.05, 3.63) is 60.2 Å². The molecule has 3 rings (SSSR count). The van der Waals surface area contributed by atoms with E-state index in [1.54, 1.807) is 0 Å². The van der Waals surface area contributed by atoms with Crippen molar-refractivity contribution in [2.45, 2.75) is 77.8 Å². The van der Waals surface area contributed by atoms with E-state index < -0.39 is 8.32 Å². The van der Waals surface area contributed by atoms with Gasteiger partial charge in [-0.2, -0.15) is 9.97 Å². The van der Waals surface area contributed by atoms with Crippen molar-refractivity contribution in [2.75, 3.05) is 6.61 Å². The Morgan fingerprint density at radius 1 is 0.818 bits per heavy atom. The lowest BCUT2D eigenvalue weighted by Gasteiger charge is -2.36. The number of fused-ring (bicyclic) bond motifs is 1. The molecule has 0 unspecified atom stereocenters. The second kappa shape index (κ2) is 10.2. The quantitative estimate of drug-likeness (QED) is 0.234. The van der Waals surface area contributed by atoms with E-state index in [9.17, 15) is 0 Å². The van der Waals surface area contributed by atoms with Crippen LogP contribution in [-0.4, -0.2) is 30.5 Å². The molecule has 0 saturated heterocycles. The first-order valence-corrected chi connectivity index (χ1v) is 14.6. The van der Waals surface area contributed by atoms with Crippen LogP contribution in [0.5, 0.6) is 11.8 Å². The van der Waals surface area contributed by atoms with Gasteiger partial charge in [-0.3, -0.25) is 0 Å². The Bertz CT molecular complexity index is 1050. The fraction of sp³-hybridized carbons (Fsp3) is 0.481. The highest BCUT2D eigenvalue weighted by Gasteiger charge is 2.37. The van der Waals surface area contributed by atoms with Gasteiger partial charge in [-0.25, -0.2) is 0 Å². The van der Waals surface area contributed by atoms with E-state index in [1.165, 1.54) is 0 Å². The Balaban J connectivity index is 1.58. The lowest BCUT2D eigenvalue weighted by Crippen LogP contribution is -2.41. The van der Waals surface area contributed by atoms with E-state index in [0.717, 1.165) is 30.4 Å². The van der Waals surface area contributed by atoms with Crippen molar-refractivity contribution in [1.82, 2.24) is 9.97 Å². The number of hydrogen-bond donors (Lipinski definition) is 0. The molecule has 2 aromatic heterocycles. The fourth-order valence-electron chi connectivity index (χ4n) is 3.21. The minimum atomic E-state index is -1.71. The predicted octanol–water partition coefficient (Wildman–Crippen LogP) is 7.17. The lowest BCUT2D eigenvalue weighted by atomic mass is 10.0. The summed E-state index contributed by atoms with van der Waals surface area (Å²) >= 11 is 0. The standard InChI is InChI=1S/C27H38N2O3Si/c1-26(2,3)33(6,7)31-19-11-18-27(4,5)32-24-17-15-22-14-16-23(28-25(22)29-24)30-20-21-12-9-8-10-13-21/h8-10,12-17H,11,18-20H2,1-7H3. The van der Waals surface area contributed by atoms with E-state index in [2.05, 4.69) is 57.7 Å². The van der Waals surface area contributed by atoms with Crippen LogP contribution in [0.25, 0.3) is 11.0 Å². The van der Waals surface area contributed by atoms with Crippen molar-refractivity contribution >= 4 is 19.4 Å². The molecule has 3 aromatic rings. The summed E-state index contributed by atoms with van der Waals surface area (Å²) in [6.45, 7) is 16.8. The number of benzene rings is 1. The van der Waals surface area contributed by atoms with Gasteiger partial charge in [0.15, 0.2) is 14.0 Å². The topological polar surface area (TPSA) is 53.5 Å². The van der Waals surface area contributed by atoms with Gasteiger partial charge < -0.3 is 13.9 Å². The molecule has 178 valence electrons. The first kappa shape index (κ1) is 25.2. The molecular weight excluding hydrogens is 428 g/mol. The van der Waals surface area contributed by atoms with Crippen molar-refractivity contribution in [3.63, 3.8) is 0 Å². The monoisotopic (exact) mass is 466 g/mol. The van der Waals surface area contributed by atoms with E-state index in [4.69, 9.17) is 13.9 Å². The highest BCUT2D eigenvalue weighted by atomic mass is 28.4. The Hall–Kier alpha value is -2.44. The Kier molecular flexibility index (Phi) is 7.80. The maximum absolute atomic E-state index is 6.31. The minimum Gasteiger partial charge on any atom is -0.473 e. The molecule has 0 bridgehead atoms. The van der Waals surface area contributed by atoms with Crippen LogP contribution < -0.4 is 9.47 Å². The van der Waals surface area contributed by atoms with Gasteiger partial charge in [-0.1, -0.05) is 51.1 Å². The Morgan fingerprint density at radius 2 is 1.45 bits per heavy atom. The molecule has 0 atom stereocenters. The van der Waals surface area contributed by atoms with Gasteiger partial charge in [0.1, 0.15) is 12.2 Å². The summed E-state index contributed by atoms with van der Waals surface area (Å²) in [5.74, 6) is 1.13. The molecule has 6 heteroatoms. The molecule has 5 nitrogen and oxygen atoms in total. The van der Waals surface area contributed by atoms with E-state index in [0.29, 0.717) is 24.0 Å². The van der Waals surface area contributed by atoms with Crippen LogP contribution in [0.4, 0.5) is 0 Å². The van der Waals surface area contributed by atoms with Gasteiger partial charge in [0.25, 0.3) is 0 Å². The highest BCUT2D eigenvalue weighted by Crippen LogP contribution is 2.36. The molecule has 2 heterocycles. The Labute approximate surface area is 199 Å². The first-order chi connectivity index (χ1) is 15.5. The van der Waals surface area contributed by atoms with Crippen LogP contribution in [0.1, 0.15) is 53.0 Å². The molecule has 0 fully saturated rings. The van der Waals surface area contributed by atoms with Gasteiger partial charge in [0.05, 0.1) is 0 Å². The minimum absolute atomic E-state index is 0.227. The molecule has 0 aliphatic carbocycles. The van der Waals surface area contributed by atoms with Gasteiger partial charge in [0, 0.05) is 24.1 Å². The predicted molar refractivity (Wildman–Crippen MR) is 137 cm³/mol. The van der Waals surface area contributed by atoms with Gasteiger partial charge in [0.2, 0.25) is 11.8 Å². The van der Waals surface area contributed by atoms with Crippen LogP contribution in [0.15, 0.2) is 54.6 Å². The second-order valence-electron chi connectivity index (χ2n) is 10.7. The number of pyridine rings is 2. The van der Waals surface area contributed by atoms with E-state index >= 15 is 0 Å². The zero-order valence-corrected chi connectivity index (χ0v) is 22.1. The smallest absolute Gasteiger partial charge is 0.215 e. The third-order valence-corrected chi connectivity index (χ3v) is 10.8. The van der Waals surface area contributed by atoms with Crippen LogP contribution in [0, 0.1) is 0 Å². The molecule has 0 radical (unpaired) electrons. The number of ether oxygens (including phenoxy) is 2. The maximum Gasteiger partial charge on any atom is 0.215 e.